The molecule has 1 fully saturated rings. The Hall–Kier alpha value is -0.830. The zero-order chi connectivity index (χ0) is 25.6. The fourth-order valence-electron chi connectivity index (χ4n) is 0.801. The zero-order valence-corrected chi connectivity index (χ0v) is 20.7. The van der Waals surface area contributed by atoms with Gasteiger partial charge in [0, 0.05) is 0 Å². The summed E-state index contributed by atoms with van der Waals surface area (Å²) in [7, 11) is -19.9. The molecule has 0 aliphatic carbocycles. The first kappa shape index (κ1) is 42.3. The van der Waals surface area contributed by atoms with Gasteiger partial charge in [0.2, 0.25) is 20.0 Å². The van der Waals surface area contributed by atoms with Crippen LogP contribution in [-0.2, 0) is 63.0 Å². The van der Waals surface area contributed by atoms with Crippen LogP contribution >= 0.6 is 0 Å². The molecule has 1 aliphatic heterocycles. The van der Waals surface area contributed by atoms with Crippen LogP contribution in [0, 0.1) is 0 Å². The van der Waals surface area contributed by atoms with Crippen molar-refractivity contribution in [1.82, 2.24) is 6.15 Å². The molecule has 1 aliphatic rings. The van der Waals surface area contributed by atoms with Gasteiger partial charge in [-0.25, -0.2) is 35.5 Å². The van der Waals surface area contributed by atoms with Gasteiger partial charge in [-0.05, 0) is 6.92 Å². The molecule has 0 radical (unpaired) electrons. The van der Waals surface area contributed by atoms with E-state index in [9.17, 15) is 42.1 Å². The molecule has 0 atom stereocenters. The maximum Gasteiger partial charge on any atom is 0.414 e. The minimum atomic E-state index is -4.57. The van der Waals surface area contributed by atoms with Crippen LogP contribution in [0.3, 0.4) is 0 Å². The predicted octanol–water partition coefficient (Wildman–Crippen LogP) is -3.04. The average molecular weight is 594 g/mol. The molecule has 0 unspecified atom stereocenters. The lowest BCUT2D eigenvalue weighted by Gasteiger charge is -2.10. The van der Waals surface area contributed by atoms with Crippen molar-refractivity contribution < 1.29 is 63.7 Å². The largest absolute Gasteiger partial charge is 0.414 e. The first-order valence-electron chi connectivity index (χ1n) is 7.23. The predicted molar refractivity (Wildman–Crippen MR) is 118 cm³/mol. The van der Waals surface area contributed by atoms with Gasteiger partial charge in [0.1, 0.15) is 5.75 Å². The third-order valence-electron chi connectivity index (χ3n) is 1.72. The molecule has 33 heavy (non-hydrogen) atoms. The van der Waals surface area contributed by atoms with E-state index in [0.717, 1.165) is 0 Å². The minimum Gasteiger partial charge on any atom is -0.395 e. The quantitative estimate of drug-likeness (QED) is 0.151. The second-order valence-electron chi connectivity index (χ2n) is 4.68. The maximum absolute atomic E-state index is 10.4. The van der Waals surface area contributed by atoms with Crippen molar-refractivity contribution in [3.05, 3.63) is 12.7 Å². The van der Waals surface area contributed by atoms with E-state index >= 15 is 0 Å². The van der Waals surface area contributed by atoms with E-state index in [1.54, 1.807) is 6.08 Å². The van der Waals surface area contributed by atoms with Crippen LogP contribution in [-0.4, -0.2) is 88.8 Å². The van der Waals surface area contributed by atoms with Crippen LogP contribution in [0.4, 0.5) is 0 Å². The highest BCUT2D eigenvalue weighted by Gasteiger charge is 2.29. The minimum absolute atomic E-state index is 0. The van der Waals surface area contributed by atoms with Crippen molar-refractivity contribution in [2.24, 2.45) is 10.3 Å². The lowest BCUT2D eigenvalue weighted by molar-refractivity contribution is 0.269. The molecule has 1 saturated heterocycles. The number of aliphatic hydroxyl groups excluding tert-OH is 1. The van der Waals surface area contributed by atoms with Crippen molar-refractivity contribution in [3.63, 3.8) is 0 Å². The Labute approximate surface area is 195 Å². The molecule has 0 aromatic carbocycles. The molecule has 0 amide bonds. The molecule has 18 nitrogen and oxygen atoms in total. The summed E-state index contributed by atoms with van der Waals surface area (Å²) in [5.41, 5.74) is 0. The van der Waals surface area contributed by atoms with Crippen molar-refractivity contribution in [2.75, 3.05) is 37.1 Å². The van der Waals surface area contributed by atoms with Crippen LogP contribution in [0.1, 0.15) is 14.4 Å². The highest BCUT2D eigenvalue weighted by atomic mass is 32.3. The molecule has 0 bridgehead atoms. The Morgan fingerprint density at radius 1 is 1.03 bits per heavy atom. The first-order chi connectivity index (χ1) is 13.6. The van der Waals surface area contributed by atoms with Gasteiger partial charge in [-0.2, -0.15) is 25.3 Å². The second-order valence-corrected chi connectivity index (χ2v) is 12.4. The molecule has 1 rings (SSSR count). The van der Waals surface area contributed by atoms with Crippen LogP contribution in [0.25, 0.3) is 0 Å². The van der Waals surface area contributed by atoms with Crippen molar-refractivity contribution in [3.8, 4) is 0 Å². The van der Waals surface area contributed by atoms with Crippen LogP contribution in [0.2, 0.25) is 0 Å². The third kappa shape index (κ3) is 41.9. The fourth-order valence-corrected chi connectivity index (χ4v) is 3.90. The molecule has 0 aromatic rings. The SMILES string of the molecule is C.C=CC.N.NS(=O)(=O)CCO.NS(=O)(=O)CCOS(=O)(=O)O.O=S1(=O)CCOS(=O)(=O)O1. The molecular formula is C10H31N3O15S5. The van der Waals surface area contributed by atoms with E-state index in [2.05, 4.69) is 28.9 Å². The van der Waals surface area contributed by atoms with Crippen molar-refractivity contribution in [1.29, 1.82) is 0 Å². The lowest BCUT2D eigenvalue weighted by atomic mass is 10.8. The standard InChI is InChI=1S/C3H6.C2H7NO6S2.C2H7NO3S.C2H4O6S2.CH4.H3N/c1-3-2;3-10(4,5)2-1-9-11(6,7)8;3-7(5,6)2-1-4;3-9(4)2-1-7-10(5,6)8-9;;/h3H,1H2,2H3;1-2H2,(H2,3,4,5)(H,6,7,8);4H,1-2H2,(H2,3,5,6);1-2H2;1H4;1H3. The molecule has 23 heteroatoms. The molecule has 1 heterocycles. The van der Waals surface area contributed by atoms with E-state index in [4.69, 9.17) is 9.66 Å². The van der Waals surface area contributed by atoms with Gasteiger partial charge in [-0.1, -0.05) is 13.5 Å². The fraction of sp³-hybridized carbons (Fsp3) is 0.800. The van der Waals surface area contributed by atoms with Crippen LogP contribution in [0.15, 0.2) is 12.7 Å². The number of allylic oxidation sites excluding steroid dienone is 1. The number of sulfonamides is 2. The maximum atomic E-state index is 10.4. The summed E-state index contributed by atoms with van der Waals surface area (Å²) in [5.74, 6) is -1.44. The highest BCUT2D eigenvalue weighted by Crippen LogP contribution is 2.09. The van der Waals surface area contributed by atoms with Crippen LogP contribution < -0.4 is 16.4 Å². The Balaban J connectivity index is -0.000000111. The number of hydrogen-bond donors (Lipinski definition) is 5. The number of rotatable bonds is 6. The topological polar surface area (TPSA) is 326 Å². The van der Waals surface area contributed by atoms with Gasteiger partial charge in [0.25, 0.3) is 10.1 Å². The smallest absolute Gasteiger partial charge is 0.395 e. The van der Waals surface area contributed by atoms with Crippen molar-refractivity contribution >= 4 is 51.0 Å². The molecule has 0 saturated carbocycles. The van der Waals surface area contributed by atoms with Gasteiger partial charge < -0.3 is 11.3 Å². The normalized spacial score (nSPS) is 16.3. The van der Waals surface area contributed by atoms with Gasteiger partial charge in [0.05, 0.1) is 31.3 Å². The number of nitrogens with two attached hydrogens (primary N) is 2. The summed E-state index contributed by atoms with van der Waals surface area (Å²) in [6, 6.07) is 0. The van der Waals surface area contributed by atoms with Gasteiger partial charge in [-0.15, -0.1) is 10.2 Å². The van der Waals surface area contributed by atoms with Gasteiger partial charge >= 0.3 is 20.8 Å². The summed E-state index contributed by atoms with van der Waals surface area (Å²) >= 11 is 0. The summed E-state index contributed by atoms with van der Waals surface area (Å²) < 4.78 is 120. The molecule has 9 N–H and O–H groups in total. The summed E-state index contributed by atoms with van der Waals surface area (Å²) in [5, 5.41) is 16.9. The molecule has 206 valence electrons. The highest BCUT2D eigenvalue weighted by molar-refractivity contribution is 7.98. The van der Waals surface area contributed by atoms with E-state index < -0.39 is 75.7 Å². The number of hydrogen-bond acceptors (Lipinski definition) is 15. The van der Waals surface area contributed by atoms with Gasteiger partial charge in [-0.3, -0.25) is 4.55 Å². The second kappa shape index (κ2) is 18.5. The molecule has 0 spiro atoms. The summed E-state index contributed by atoms with van der Waals surface area (Å²) in [6.07, 6.45) is 1.75. The number of primary sulfonamides is 2. The van der Waals surface area contributed by atoms with E-state index in [1.807, 2.05) is 6.92 Å². The van der Waals surface area contributed by atoms with E-state index in [1.165, 1.54) is 0 Å². The molecular weight excluding hydrogens is 562 g/mol. The van der Waals surface area contributed by atoms with Gasteiger partial charge in [0.15, 0.2) is 0 Å². The third-order valence-corrected chi connectivity index (χ3v) is 6.29. The Morgan fingerprint density at radius 2 is 1.42 bits per heavy atom. The Morgan fingerprint density at radius 3 is 1.61 bits per heavy atom. The molecule has 0 aromatic heterocycles. The summed E-state index contributed by atoms with van der Waals surface area (Å²) in [4.78, 5) is 0. The summed E-state index contributed by atoms with van der Waals surface area (Å²) in [6.45, 7) is 3.79. The monoisotopic (exact) mass is 593 g/mol. The van der Waals surface area contributed by atoms with Crippen molar-refractivity contribution in [2.45, 2.75) is 14.4 Å². The average Bonchev–Trinajstić information content (AvgIpc) is 2.42. The van der Waals surface area contributed by atoms with E-state index in [-0.39, 0.29) is 25.9 Å². The zero-order valence-electron chi connectivity index (χ0n) is 16.6. The first-order valence-corrected chi connectivity index (χ1v) is 14.9. The van der Waals surface area contributed by atoms with Crippen LogP contribution in [0.5, 0.6) is 0 Å². The lowest BCUT2D eigenvalue weighted by Crippen LogP contribution is -2.27. The number of aliphatic hydroxyl groups is 1. The Kier molecular flexibility index (Phi) is 23.7. The Bertz CT molecular complexity index is 983. The van der Waals surface area contributed by atoms with E-state index in [0.29, 0.717) is 0 Å².